The summed E-state index contributed by atoms with van der Waals surface area (Å²) >= 11 is 1.63. The van der Waals surface area contributed by atoms with Gasteiger partial charge in [0.1, 0.15) is 0 Å². The molecule has 0 saturated heterocycles. The molecule has 26 heavy (non-hydrogen) atoms. The molecule has 0 aliphatic rings. The Morgan fingerprint density at radius 3 is 2.35 bits per heavy atom. The van der Waals surface area contributed by atoms with Crippen molar-refractivity contribution in [1.82, 2.24) is 9.62 Å². The molecule has 0 unspecified atom stereocenters. The summed E-state index contributed by atoms with van der Waals surface area (Å²) in [5, 5.41) is 6.90. The third-order valence-corrected chi connectivity index (χ3v) is 6.28. The lowest BCUT2D eigenvalue weighted by molar-refractivity contribution is -0.120. The van der Waals surface area contributed by atoms with E-state index in [0.717, 1.165) is 0 Å². The standard InChI is InChI=1S/C18H25N3O3S2/c1-13(2)20-26(23,24)17-7-5-16(6-8-17)19-18(22)14(3)21(4)11-15-9-10-25-12-15/h5-10,12-14,20H,11H2,1-4H3,(H,19,22)/t14-/m1/s1. The summed E-state index contributed by atoms with van der Waals surface area (Å²) in [4.78, 5) is 14.6. The van der Waals surface area contributed by atoms with Crippen molar-refractivity contribution < 1.29 is 13.2 Å². The summed E-state index contributed by atoms with van der Waals surface area (Å²) < 4.78 is 26.8. The van der Waals surface area contributed by atoms with Gasteiger partial charge in [-0.25, -0.2) is 13.1 Å². The van der Waals surface area contributed by atoms with Crippen LogP contribution in [0.1, 0.15) is 26.3 Å². The number of rotatable bonds is 8. The molecule has 0 radical (unpaired) electrons. The highest BCUT2D eigenvalue weighted by atomic mass is 32.2. The number of nitrogens with zero attached hydrogens (tertiary/aromatic N) is 1. The predicted molar refractivity (Wildman–Crippen MR) is 106 cm³/mol. The third-order valence-electron chi connectivity index (χ3n) is 3.88. The van der Waals surface area contributed by atoms with Crippen LogP contribution in [0.25, 0.3) is 0 Å². The second-order valence-corrected chi connectivity index (χ2v) is 9.01. The van der Waals surface area contributed by atoms with Crippen molar-refractivity contribution in [3.05, 3.63) is 46.7 Å². The summed E-state index contributed by atoms with van der Waals surface area (Å²) in [7, 11) is -1.64. The lowest BCUT2D eigenvalue weighted by Gasteiger charge is -2.23. The highest BCUT2D eigenvalue weighted by molar-refractivity contribution is 7.89. The second kappa shape index (κ2) is 8.77. The van der Waals surface area contributed by atoms with Crippen LogP contribution in [0.5, 0.6) is 0 Å². The molecular weight excluding hydrogens is 370 g/mol. The molecule has 1 amide bonds. The minimum absolute atomic E-state index is 0.140. The normalized spacial score (nSPS) is 13.2. The lowest BCUT2D eigenvalue weighted by Crippen LogP contribution is -2.39. The van der Waals surface area contributed by atoms with Gasteiger partial charge in [-0.15, -0.1) is 0 Å². The van der Waals surface area contributed by atoms with E-state index in [1.165, 1.54) is 17.7 Å². The maximum atomic E-state index is 12.4. The maximum Gasteiger partial charge on any atom is 0.241 e. The summed E-state index contributed by atoms with van der Waals surface area (Å²) in [5.41, 5.74) is 1.73. The zero-order valence-corrected chi connectivity index (χ0v) is 17.0. The average molecular weight is 396 g/mol. The Morgan fingerprint density at radius 1 is 1.15 bits per heavy atom. The zero-order valence-electron chi connectivity index (χ0n) is 15.4. The molecule has 2 rings (SSSR count). The van der Waals surface area contributed by atoms with Gasteiger partial charge in [0, 0.05) is 18.3 Å². The molecule has 142 valence electrons. The van der Waals surface area contributed by atoms with Crippen molar-refractivity contribution in [3.8, 4) is 0 Å². The Morgan fingerprint density at radius 2 is 1.81 bits per heavy atom. The maximum absolute atomic E-state index is 12.4. The van der Waals surface area contributed by atoms with Gasteiger partial charge in [0.25, 0.3) is 0 Å². The van der Waals surface area contributed by atoms with Crippen LogP contribution in [0.3, 0.4) is 0 Å². The number of carbonyl (C=O) groups is 1. The van der Waals surface area contributed by atoms with Crippen LogP contribution in [0.4, 0.5) is 5.69 Å². The number of likely N-dealkylation sites (N-methyl/N-ethyl adjacent to an activating group) is 1. The van der Waals surface area contributed by atoms with Gasteiger partial charge in [0.05, 0.1) is 10.9 Å². The fourth-order valence-electron chi connectivity index (χ4n) is 2.35. The quantitative estimate of drug-likeness (QED) is 0.720. The lowest BCUT2D eigenvalue weighted by atomic mass is 10.2. The van der Waals surface area contributed by atoms with Crippen LogP contribution in [-0.2, 0) is 21.4 Å². The highest BCUT2D eigenvalue weighted by Gasteiger charge is 2.19. The van der Waals surface area contributed by atoms with Crippen molar-refractivity contribution >= 4 is 33.0 Å². The van der Waals surface area contributed by atoms with E-state index in [9.17, 15) is 13.2 Å². The van der Waals surface area contributed by atoms with Crippen molar-refractivity contribution in [2.75, 3.05) is 12.4 Å². The van der Waals surface area contributed by atoms with Gasteiger partial charge in [0.2, 0.25) is 15.9 Å². The third kappa shape index (κ3) is 5.63. The molecule has 0 bridgehead atoms. The Hall–Kier alpha value is -1.74. The summed E-state index contributed by atoms with van der Waals surface area (Å²) in [6.07, 6.45) is 0. The largest absolute Gasteiger partial charge is 0.325 e. The summed E-state index contributed by atoms with van der Waals surface area (Å²) in [5.74, 6) is -0.140. The fourth-order valence-corrected chi connectivity index (χ4v) is 4.26. The van der Waals surface area contributed by atoms with E-state index < -0.39 is 10.0 Å². The first kappa shape index (κ1) is 20.6. The molecule has 0 aliphatic carbocycles. The topological polar surface area (TPSA) is 78.5 Å². The fraction of sp³-hybridized carbons (Fsp3) is 0.389. The summed E-state index contributed by atoms with van der Waals surface area (Å²) in [6, 6.07) is 7.70. The van der Waals surface area contributed by atoms with Crippen molar-refractivity contribution in [2.24, 2.45) is 0 Å². The van der Waals surface area contributed by atoms with E-state index in [4.69, 9.17) is 0 Å². The minimum atomic E-state index is -3.53. The van der Waals surface area contributed by atoms with Gasteiger partial charge in [-0.1, -0.05) is 0 Å². The van der Waals surface area contributed by atoms with E-state index in [2.05, 4.69) is 15.4 Å². The number of carbonyl (C=O) groups excluding carboxylic acids is 1. The second-order valence-electron chi connectivity index (χ2n) is 6.51. The molecule has 1 aromatic heterocycles. The van der Waals surface area contributed by atoms with Gasteiger partial charge >= 0.3 is 0 Å². The number of anilines is 1. The van der Waals surface area contributed by atoms with Crippen LogP contribution in [0, 0.1) is 0 Å². The highest BCUT2D eigenvalue weighted by Crippen LogP contribution is 2.16. The van der Waals surface area contributed by atoms with E-state index in [0.29, 0.717) is 12.2 Å². The Labute approximate surface area is 159 Å². The number of nitrogens with one attached hydrogen (secondary N) is 2. The Bertz CT molecular complexity index is 816. The van der Waals surface area contributed by atoms with Crippen LogP contribution < -0.4 is 10.0 Å². The zero-order chi connectivity index (χ0) is 19.3. The molecule has 6 nitrogen and oxygen atoms in total. The molecular formula is C18H25N3O3S2. The van der Waals surface area contributed by atoms with Crippen molar-refractivity contribution in [2.45, 2.75) is 44.3 Å². The van der Waals surface area contributed by atoms with Gasteiger partial charge in [-0.05, 0) is 74.5 Å². The predicted octanol–water partition coefficient (Wildman–Crippen LogP) is 2.89. The number of hydrogen-bond acceptors (Lipinski definition) is 5. The van der Waals surface area contributed by atoms with E-state index in [1.54, 1.807) is 37.3 Å². The van der Waals surface area contributed by atoms with Gasteiger partial charge in [0.15, 0.2) is 0 Å². The van der Waals surface area contributed by atoms with Gasteiger partial charge in [-0.2, -0.15) is 11.3 Å². The molecule has 1 atom stereocenters. The molecule has 2 N–H and O–H groups in total. The first-order chi connectivity index (χ1) is 12.2. The Balaban J connectivity index is 1.98. The van der Waals surface area contributed by atoms with Crippen LogP contribution in [-0.4, -0.2) is 38.4 Å². The SMILES string of the molecule is CC(C)NS(=O)(=O)c1ccc(NC(=O)[C@@H](C)N(C)Cc2ccsc2)cc1. The van der Waals surface area contributed by atoms with Crippen LogP contribution in [0.2, 0.25) is 0 Å². The van der Waals surface area contributed by atoms with Gasteiger partial charge in [-0.3, -0.25) is 9.69 Å². The van der Waals surface area contributed by atoms with Crippen molar-refractivity contribution in [3.63, 3.8) is 0 Å². The van der Waals surface area contributed by atoms with E-state index in [1.807, 2.05) is 30.3 Å². The molecule has 0 fully saturated rings. The average Bonchev–Trinajstić information content (AvgIpc) is 3.06. The Kier molecular flexibility index (Phi) is 6.94. The van der Waals surface area contributed by atoms with E-state index in [-0.39, 0.29) is 22.9 Å². The first-order valence-electron chi connectivity index (χ1n) is 8.33. The monoisotopic (exact) mass is 395 g/mol. The van der Waals surface area contributed by atoms with Crippen molar-refractivity contribution in [1.29, 1.82) is 0 Å². The number of hydrogen-bond donors (Lipinski definition) is 2. The number of sulfonamides is 1. The molecule has 1 aromatic carbocycles. The van der Waals surface area contributed by atoms with Crippen LogP contribution >= 0.6 is 11.3 Å². The minimum Gasteiger partial charge on any atom is -0.325 e. The molecule has 0 aliphatic heterocycles. The number of thiophene rings is 1. The summed E-state index contributed by atoms with van der Waals surface area (Å²) in [6.45, 7) is 6.06. The van der Waals surface area contributed by atoms with E-state index >= 15 is 0 Å². The number of benzene rings is 1. The molecule has 0 spiro atoms. The molecule has 0 saturated carbocycles. The molecule has 2 aromatic rings. The number of amides is 1. The first-order valence-corrected chi connectivity index (χ1v) is 10.8. The molecule has 1 heterocycles. The van der Waals surface area contributed by atoms with Crippen LogP contribution in [0.15, 0.2) is 46.0 Å². The smallest absolute Gasteiger partial charge is 0.241 e. The van der Waals surface area contributed by atoms with Gasteiger partial charge < -0.3 is 5.32 Å². The molecule has 8 heteroatoms.